The van der Waals surface area contributed by atoms with Crippen molar-refractivity contribution in [1.29, 1.82) is 0 Å². The van der Waals surface area contributed by atoms with E-state index in [0.29, 0.717) is 4.88 Å². The van der Waals surface area contributed by atoms with Gasteiger partial charge in [-0.25, -0.2) is 9.78 Å². The molecule has 1 saturated carbocycles. The quantitative estimate of drug-likeness (QED) is 0.835. The van der Waals surface area contributed by atoms with Crippen LogP contribution in [0.2, 0.25) is 0 Å². The monoisotopic (exact) mass is 226 g/mol. The fraction of sp³-hybridized carbons (Fsp3) is 0.600. The normalized spacial score (nSPS) is 15.3. The zero-order valence-electron chi connectivity index (χ0n) is 8.64. The number of thiazole rings is 1. The maximum atomic E-state index is 10.7. The number of aromatic nitrogens is 1. The van der Waals surface area contributed by atoms with Crippen molar-refractivity contribution in [2.75, 3.05) is 18.0 Å². The summed E-state index contributed by atoms with van der Waals surface area (Å²) in [5, 5.41) is 9.63. The number of aromatic carboxylic acids is 1. The Morgan fingerprint density at radius 3 is 2.93 bits per heavy atom. The molecule has 0 bridgehead atoms. The van der Waals surface area contributed by atoms with Crippen molar-refractivity contribution >= 4 is 22.4 Å². The summed E-state index contributed by atoms with van der Waals surface area (Å²) in [5.41, 5.74) is 0. The van der Waals surface area contributed by atoms with E-state index in [-0.39, 0.29) is 0 Å². The summed E-state index contributed by atoms with van der Waals surface area (Å²) in [4.78, 5) is 17.3. The van der Waals surface area contributed by atoms with Crippen LogP contribution in [0.4, 0.5) is 5.13 Å². The molecule has 2 rings (SSSR count). The Bertz CT molecular complexity index is 360. The van der Waals surface area contributed by atoms with Crippen LogP contribution in [0.15, 0.2) is 6.20 Å². The molecular formula is C10H14N2O2S. The fourth-order valence-corrected chi connectivity index (χ4v) is 2.29. The second-order valence-electron chi connectivity index (χ2n) is 3.79. The van der Waals surface area contributed by atoms with E-state index in [1.165, 1.54) is 30.4 Å². The molecule has 0 aromatic carbocycles. The zero-order valence-corrected chi connectivity index (χ0v) is 9.46. The molecule has 1 N–H and O–H groups in total. The Hall–Kier alpha value is -1.10. The lowest BCUT2D eigenvalue weighted by molar-refractivity contribution is 0.0702. The number of carbonyl (C=O) groups is 1. The average molecular weight is 226 g/mol. The van der Waals surface area contributed by atoms with Gasteiger partial charge in [0.1, 0.15) is 4.88 Å². The molecular weight excluding hydrogens is 212 g/mol. The highest BCUT2D eigenvalue weighted by Crippen LogP contribution is 2.32. The molecule has 82 valence electrons. The predicted molar refractivity (Wildman–Crippen MR) is 59.7 cm³/mol. The summed E-state index contributed by atoms with van der Waals surface area (Å²) < 4.78 is 0. The minimum atomic E-state index is -0.888. The van der Waals surface area contributed by atoms with Crippen LogP contribution in [-0.4, -0.2) is 29.1 Å². The Kier molecular flexibility index (Phi) is 2.90. The lowest BCUT2D eigenvalue weighted by Gasteiger charge is -2.18. The fourth-order valence-electron chi connectivity index (χ4n) is 1.46. The van der Waals surface area contributed by atoms with E-state index in [1.54, 1.807) is 0 Å². The molecule has 1 aliphatic carbocycles. The van der Waals surface area contributed by atoms with Crippen LogP contribution in [0.1, 0.15) is 29.4 Å². The highest BCUT2D eigenvalue weighted by atomic mass is 32.1. The van der Waals surface area contributed by atoms with Gasteiger partial charge in [0, 0.05) is 13.1 Å². The number of rotatable bonds is 5. The first-order chi connectivity index (χ1) is 7.20. The van der Waals surface area contributed by atoms with E-state index in [2.05, 4.69) is 16.8 Å². The number of hydrogen-bond donors (Lipinski definition) is 1. The lowest BCUT2D eigenvalue weighted by atomic mass is 10.4. The predicted octanol–water partition coefficient (Wildman–Crippen LogP) is 2.08. The van der Waals surface area contributed by atoms with E-state index < -0.39 is 5.97 Å². The summed E-state index contributed by atoms with van der Waals surface area (Å²) in [7, 11) is 0. The van der Waals surface area contributed by atoms with Gasteiger partial charge in [0.05, 0.1) is 6.20 Å². The van der Waals surface area contributed by atoms with Gasteiger partial charge in [-0.2, -0.15) is 0 Å². The average Bonchev–Trinajstić information content (AvgIpc) is 2.89. The van der Waals surface area contributed by atoms with Crippen molar-refractivity contribution in [3.8, 4) is 0 Å². The van der Waals surface area contributed by atoms with Crippen molar-refractivity contribution in [3.63, 3.8) is 0 Å². The number of anilines is 1. The first-order valence-corrected chi connectivity index (χ1v) is 5.96. The standard InChI is InChI=1S/C10H14N2O2S/c1-2-12(6-7-3-4-7)10-11-5-8(15-10)9(13)14/h5,7H,2-4,6H2,1H3,(H,13,14). The van der Waals surface area contributed by atoms with Gasteiger partial charge in [-0.05, 0) is 25.7 Å². The molecule has 0 amide bonds. The summed E-state index contributed by atoms with van der Waals surface area (Å²) in [6.45, 7) is 3.98. The van der Waals surface area contributed by atoms with Crippen LogP contribution in [0.25, 0.3) is 0 Å². The van der Waals surface area contributed by atoms with E-state index in [4.69, 9.17) is 5.11 Å². The van der Waals surface area contributed by atoms with E-state index in [1.807, 2.05) is 0 Å². The maximum Gasteiger partial charge on any atom is 0.347 e. The molecule has 15 heavy (non-hydrogen) atoms. The minimum Gasteiger partial charge on any atom is -0.477 e. The maximum absolute atomic E-state index is 10.7. The van der Waals surface area contributed by atoms with Gasteiger partial charge >= 0.3 is 5.97 Å². The van der Waals surface area contributed by atoms with Crippen LogP contribution in [-0.2, 0) is 0 Å². The Balaban J connectivity index is 2.07. The summed E-state index contributed by atoms with van der Waals surface area (Å²) in [6, 6.07) is 0. The van der Waals surface area contributed by atoms with Crippen LogP contribution >= 0.6 is 11.3 Å². The molecule has 0 spiro atoms. The largest absolute Gasteiger partial charge is 0.477 e. The van der Waals surface area contributed by atoms with Gasteiger partial charge < -0.3 is 10.0 Å². The molecule has 1 fully saturated rings. The third kappa shape index (κ3) is 2.47. The summed E-state index contributed by atoms with van der Waals surface area (Å²) in [6.07, 6.45) is 4.04. The zero-order chi connectivity index (χ0) is 10.8. The van der Waals surface area contributed by atoms with E-state index in [9.17, 15) is 4.79 Å². The van der Waals surface area contributed by atoms with Crippen molar-refractivity contribution in [2.24, 2.45) is 5.92 Å². The van der Waals surface area contributed by atoms with E-state index >= 15 is 0 Å². The Labute approximate surface area is 92.6 Å². The molecule has 0 aliphatic heterocycles. The summed E-state index contributed by atoms with van der Waals surface area (Å²) in [5.74, 6) is -0.0941. The summed E-state index contributed by atoms with van der Waals surface area (Å²) >= 11 is 1.26. The Morgan fingerprint density at radius 1 is 1.73 bits per heavy atom. The molecule has 0 atom stereocenters. The van der Waals surface area contributed by atoms with Gasteiger partial charge in [0.2, 0.25) is 0 Å². The van der Waals surface area contributed by atoms with Crippen molar-refractivity contribution < 1.29 is 9.90 Å². The van der Waals surface area contributed by atoms with Gasteiger partial charge in [-0.3, -0.25) is 0 Å². The van der Waals surface area contributed by atoms with Gasteiger partial charge in [0.25, 0.3) is 0 Å². The number of carboxylic acids is 1. The lowest BCUT2D eigenvalue weighted by Crippen LogP contribution is -2.24. The van der Waals surface area contributed by atoms with Gasteiger partial charge in [-0.15, -0.1) is 0 Å². The number of hydrogen-bond acceptors (Lipinski definition) is 4. The van der Waals surface area contributed by atoms with Crippen molar-refractivity contribution in [2.45, 2.75) is 19.8 Å². The first kappa shape index (κ1) is 10.4. The molecule has 5 heteroatoms. The molecule has 4 nitrogen and oxygen atoms in total. The smallest absolute Gasteiger partial charge is 0.347 e. The topological polar surface area (TPSA) is 53.4 Å². The molecule has 1 aromatic rings. The first-order valence-electron chi connectivity index (χ1n) is 5.14. The van der Waals surface area contributed by atoms with Crippen LogP contribution in [0.5, 0.6) is 0 Å². The second kappa shape index (κ2) is 4.18. The Morgan fingerprint density at radius 2 is 2.47 bits per heavy atom. The minimum absolute atomic E-state index is 0.319. The highest BCUT2D eigenvalue weighted by molar-refractivity contribution is 7.17. The number of carboxylic acid groups (broad SMARTS) is 1. The van der Waals surface area contributed by atoms with Crippen molar-refractivity contribution in [3.05, 3.63) is 11.1 Å². The molecule has 0 radical (unpaired) electrons. The molecule has 0 saturated heterocycles. The third-order valence-corrected chi connectivity index (χ3v) is 3.58. The molecule has 1 aliphatic rings. The third-order valence-electron chi connectivity index (χ3n) is 2.53. The highest BCUT2D eigenvalue weighted by Gasteiger charge is 2.25. The molecule has 0 unspecified atom stereocenters. The van der Waals surface area contributed by atoms with Gasteiger partial charge in [0.15, 0.2) is 5.13 Å². The van der Waals surface area contributed by atoms with Crippen molar-refractivity contribution in [1.82, 2.24) is 4.98 Å². The second-order valence-corrected chi connectivity index (χ2v) is 4.80. The number of nitrogens with zero attached hydrogens (tertiary/aromatic N) is 2. The van der Waals surface area contributed by atoms with Gasteiger partial charge in [-0.1, -0.05) is 11.3 Å². The van der Waals surface area contributed by atoms with E-state index in [0.717, 1.165) is 24.1 Å². The molecule has 1 aromatic heterocycles. The van der Waals surface area contributed by atoms with Crippen LogP contribution < -0.4 is 4.90 Å². The SMILES string of the molecule is CCN(CC1CC1)c1ncc(C(=O)O)s1. The van der Waals surface area contributed by atoms with Crippen LogP contribution in [0, 0.1) is 5.92 Å². The van der Waals surface area contributed by atoms with Crippen LogP contribution in [0.3, 0.4) is 0 Å². The molecule has 1 heterocycles.